The van der Waals surface area contributed by atoms with Gasteiger partial charge < -0.3 is 15.7 Å². The molecular weight excluding hydrogens is 368 g/mol. The summed E-state index contributed by atoms with van der Waals surface area (Å²) in [7, 11) is 0. The number of carbonyl (C=O) groups is 2. The van der Waals surface area contributed by atoms with Gasteiger partial charge in [-0.25, -0.2) is 4.98 Å². The second-order valence-electron chi connectivity index (χ2n) is 5.80. The Balaban J connectivity index is 1.63. The lowest BCUT2D eigenvalue weighted by molar-refractivity contribution is -0.124. The first-order valence-corrected chi connectivity index (χ1v) is 8.60. The molecule has 1 aromatic heterocycles. The molecule has 8 heteroatoms. The quantitative estimate of drug-likeness (QED) is 0.600. The summed E-state index contributed by atoms with van der Waals surface area (Å²) in [5.74, 6) is -1.09. The van der Waals surface area contributed by atoms with E-state index in [0.29, 0.717) is 16.1 Å². The number of halogens is 1. The Bertz CT molecular complexity index is 963. The van der Waals surface area contributed by atoms with Crippen molar-refractivity contribution in [2.45, 2.75) is 12.6 Å². The van der Waals surface area contributed by atoms with Gasteiger partial charge in [0.15, 0.2) is 0 Å². The molecular formula is C19H17ClN4O3. The van der Waals surface area contributed by atoms with Gasteiger partial charge in [-0.15, -0.1) is 0 Å². The minimum atomic E-state index is -1.10. The topological polar surface area (TPSA) is 104 Å². The van der Waals surface area contributed by atoms with Crippen LogP contribution < -0.4 is 10.6 Å². The number of nitrogens with one attached hydrogen (secondary N) is 2. The number of amides is 2. The molecule has 0 aliphatic rings. The number of nitrogens with zero attached hydrogens (tertiary/aromatic N) is 2. The molecule has 1 heterocycles. The lowest BCUT2D eigenvalue weighted by Gasteiger charge is -2.16. The molecule has 0 fully saturated rings. The predicted octanol–water partition coefficient (Wildman–Crippen LogP) is 1.69. The maximum atomic E-state index is 12.4. The minimum absolute atomic E-state index is 0.0673. The van der Waals surface area contributed by atoms with Gasteiger partial charge in [-0.1, -0.05) is 35.9 Å². The largest absolute Gasteiger partial charge is 0.394 e. The molecule has 0 spiro atoms. The molecule has 0 radical (unpaired) electrons. The van der Waals surface area contributed by atoms with Crippen molar-refractivity contribution >= 4 is 34.4 Å². The van der Waals surface area contributed by atoms with Crippen molar-refractivity contribution in [3.05, 3.63) is 71.0 Å². The molecule has 0 unspecified atom stereocenters. The summed E-state index contributed by atoms with van der Waals surface area (Å²) in [5.41, 5.74) is 2.14. The number of para-hydroxylation sites is 2. The van der Waals surface area contributed by atoms with Gasteiger partial charge in [-0.3, -0.25) is 14.6 Å². The summed E-state index contributed by atoms with van der Waals surface area (Å²) in [6.45, 7) is -0.294. The lowest BCUT2D eigenvalue weighted by Crippen LogP contribution is -2.48. The van der Waals surface area contributed by atoms with Gasteiger partial charge >= 0.3 is 0 Å². The normalized spacial score (nSPS) is 11.8. The van der Waals surface area contributed by atoms with Crippen molar-refractivity contribution < 1.29 is 14.7 Å². The number of aromatic nitrogens is 2. The Morgan fingerprint density at radius 3 is 2.48 bits per heavy atom. The van der Waals surface area contributed by atoms with E-state index in [1.807, 2.05) is 6.07 Å². The number of carbonyl (C=O) groups excluding carboxylic acids is 2. The Hall–Kier alpha value is -3.03. The fourth-order valence-corrected chi connectivity index (χ4v) is 2.53. The second-order valence-corrected chi connectivity index (χ2v) is 6.23. The number of benzene rings is 2. The summed E-state index contributed by atoms with van der Waals surface area (Å²) in [6, 6.07) is 13.0. The summed E-state index contributed by atoms with van der Waals surface area (Å²) in [4.78, 5) is 33.0. The molecule has 3 rings (SSSR count). The highest BCUT2D eigenvalue weighted by Crippen LogP contribution is 2.10. The molecule has 0 saturated carbocycles. The standard InChI is InChI=1S/C19H17ClN4O3/c20-13-7-5-12(6-8-13)9-22-18(26)17(11-25)24-19(27)16-10-21-14-3-1-2-4-15(14)23-16/h1-8,10,17,25H,9,11H2,(H,22,26)(H,24,27)/t17-/m0/s1. The van der Waals surface area contributed by atoms with Gasteiger partial charge in [-0.2, -0.15) is 0 Å². The van der Waals surface area contributed by atoms with Crippen LogP contribution >= 0.6 is 11.6 Å². The van der Waals surface area contributed by atoms with E-state index in [1.165, 1.54) is 6.20 Å². The van der Waals surface area contributed by atoms with Gasteiger partial charge in [0.1, 0.15) is 11.7 Å². The van der Waals surface area contributed by atoms with Crippen LogP contribution in [0.25, 0.3) is 11.0 Å². The first-order chi connectivity index (χ1) is 13.1. The first kappa shape index (κ1) is 18.8. The summed E-state index contributed by atoms with van der Waals surface area (Å²) >= 11 is 5.82. The van der Waals surface area contributed by atoms with Crippen molar-refractivity contribution in [2.24, 2.45) is 0 Å². The van der Waals surface area contributed by atoms with Crippen LogP contribution in [-0.2, 0) is 11.3 Å². The third kappa shape index (κ3) is 4.78. The van der Waals surface area contributed by atoms with Crippen LogP contribution in [0.2, 0.25) is 5.02 Å². The average Bonchev–Trinajstić information content (AvgIpc) is 2.70. The minimum Gasteiger partial charge on any atom is -0.394 e. The Labute approximate surface area is 160 Å². The van der Waals surface area contributed by atoms with E-state index in [1.54, 1.807) is 42.5 Å². The highest BCUT2D eigenvalue weighted by atomic mass is 35.5. The number of aliphatic hydroxyl groups is 1. The van der Waals surface area contributed by atoms with E-state index in [-0.39, 0.29) is 12.2 Å². The average molecular weight is 385 g/mol. The smallest absolute Gasteiger partial charge is 0.272 e. The van der Waals surface area contributed by atoms with Crippen LogP contribution in [0, 0.1) is 0 Å². The third-order valence-electron chi connectivity index (χ3n) is 3.87. The first-order valence-electron chi connectivity index (χ1n) is 8.22. The molecule has 3 N–H and O–H groups in total. The molecule has 0 saturated heterocycles. The monoisotopic (exact) mass is 384 g/mol. The maximum Gasteiger partial charge on any atom is 0.272 e. The van der Waals surface area contributed by atoms with E-state index in [2.05, 4.69) is 20.6 Å². The summed E-state index contributed by atoms with van der Waals surface area (Å²) < 4.78 is 0. The van der Waals surface area contributed by atoms with E-state index in [4.69, 9.17) is 11.6 Å². The zero-order chi connectivity index (χ0) is 19.2. The maximum absolute atomic E-state index is 12.4. The molecule has 0 bridgehead atoms. The van der Waals surface area contributed by atoms with Gasteiger partial charge in [-0.05, 0) is 29.8 Å². The molecule has 0 aliphatic heterocycles. The SMILES string of the molecule is O=C(N[C@@H](CO)C(=O)NCc1ccc(Cl)cc1)c1cnc2ccccc2n1. The van der Waals surface area contributed by atoms with Crippen molar-refractivity contribution in [3.63, 3.8) is 0 Å². The number of hydrogen-bond acceptors (Lipinski definition) is 5. The van der Waals surface area contributed by atoms with Crippen molar-refractivity contribution in [1.82, 2.24) is 20.6 Å². The molecule has 3 aromatic rings. The highest BCUT2D eigenvalue weighted by molar-refractivity contribution is 6.30. The van der Waals surface area contributed by atoms with Crippen molar-refractivity contribution in [1.29, 1.82) is 0 Å². The highest BCUT2D eigenvalue weighted by Gasteiger charge is 2.21. The predicted molar refractivity (Wildman–Crippen MR) is 101 cm³/mol. The van der Waals surface area contributed by atoms with E-state index < -0.39 is 24.5 Å². The molecule has 27 heavy (non-hydrogen) atoms. The second kappa shape index (κ2) is 8.57. The molecule has 0 aliphatic carbocycles. The van der Waals surface area contributed by atoms with Crippen LogP contribution in [0.4, 0.5) is 0 Å². The van der Waals surface area contributed by atoms with Gasteiger partial charge in [0, 0.05) is 11.6 Å². The Morgan fingerprint density at radius 2 is 1.78 bits per heavy atom. The van der Waals surface area contributed by atoms with Crippen LogP contribution in [0.3, 0.4) is 0 Å². The molecule has 138 valence electrons. The Kier molecular flexibility index (Phi) is 5.95. The van der Waals surface area contributed by atoms with Crippen LogP contribution in [0.15, 0.2) is 54.7 Å². The summed E-state index contributed by atoms with van der Waals surface area (Å²) in [5, 5.41) is 15.2. The zero-order valence-electron chi connectivity index (χ0n) is 14.2. The van der Waals surface area contributed by atoms with E-state index >= 15 is 0 Å². The van der Waals surface area contributed by atoms with Crippen molar-refractivity contribution in [2.75, 3.05) is 6.61 Å². The van der Waals surface area contributed by atoms with E-state index in [0.717, 1.165) is 5.56 Å². The molecule has 2 amide bonds. The molecule has 2 aromatic carbocycles. The Morgan fingerprint density at radius 1 is 1.07 bits per heavy atom. The van der Waals surface area contributed by atoms with Gasteiger partial charge in [0.25, 0.3) is 5.91 Å². The van der Waals surface area contributed by atoms with Gasteiger partial charge in [0.2, 0.25) is 5.91 Å². The molecule has 7 nitrogen and oxygen atoms in total. The fourth-order valence-electron chi connectivity index (χ4n) is 2.41. The number of fused-ring (bicyclic) bond motifs is 1. The molecule has 1 atom stereocenters. The van der Waals surface area contributed by atoms with Crippen LogP contribution in [-0.4, -0.2) is 39.5 Å². The number of aliphatic hydroxyl groups excluding tert-OH is 1. The van der Waals surface area contributed by atoms with E-state index in [9.17, 15) is 14.7 Å². The number of rotatable bonds is 6. The van der Waals surface area contributed by atoms with Crippen LogP contribution in [0.5, 0.6) is 0 Å². The third-order valence-corrected chi connectivity index (χ3v) is 4.12. The zero-order valence-corrected chi connectivity index (χ0v) is 15.0. The number of hydrogen-bond donors (Lipinski definition) is 3. The van der Waals surface area contributed by atoms with Gasteiger partial charge in [0.05, 0.1) is 23.8 Å². The fraction of sp³-hybridized carbons (Fsp3) is 0.158. The van der Waals surface area contributed by atoms with Crippen molar-refractivity contribution in [3.8, 4) is 0 Å². The van der Waals surface area contributed by atoms with Crippen LogP contribution in [0.1, 0.15) is 16.1 Å². The lowest BCUT2D eigenvalue weighted by atomic mass is 10.2. The summed E-state index contributed by atoms with van der Waals surface area (Å²) in [6.07, 6.45) is 1.33.